The second-order valence-electron chi connectivity index (χ2n) is 7.57. The number of aromatic nitrogens is 5. The van der Waals surface area contributed by atoms with Gasteiger partial charge in [-0.1, -0.05) is 29.8 Å². The van der Waals surface area contributed by atoms with E-state index in [4.69, 9.17) is 11.6 Å². The summed E-state index contributed by atoms with van der Waals surface area (Å²) < 4.78 is 39.4. The highest BCUT2D eigenvalue weighted by Crippen LogP contribution is 2.29. The van der Waals surface area contributed by atoms with Crippen molar-refractivity contribution < 1.29 is 13.2 Å². The Kier molecular flexibility index (Phi) is 6.60. The molecule has 0 saturated heterocycles. The van der Waals surface area contributed by atoms with Crippen molar-refractivity contribution >= 4 is 29.2 Å². The first-order valence-corrected chi connectivity index (χ1v) is 10.6. The van der Waals surface area contributed by atoms with Crippen LogP contribution in [-0.4, -0.2) is 31.0 Å². The molecule has 0 spiro atoms. The first-order chi connectivity index (χ1) is 16.2. The molecule has 0 aliphatic rings. The van der Waals surface area contributed by atoms with Gasteiger partial charge in [-0.05, 0) is 50.2 Å². The fourth-order valence-corrected chi connectivity index (χ4v) is 3.13. The summed E-state index contributed by atoms with van der Waals surface area (Å²) in [7, 11) is 0. The van der Waals surface area contributed by atoms with Crippen molar-refractivity contribution in [2.45, 2.75) is 26.1 Å². The van der Waals surface area contributed by atoms with Crippen LogP contribution in [0.5, 0.6) is 0 Å². The second-order valence-corrected chi connectivity index (χ2v) is 8.01. The van der Waals surface area contributed by atoms with E-state index in [-0.39, 0.29) is 29.5 Å². The molecule has 0 atom stereocenters. The molecule has 0 saturated carbocycles. The average molecular weight is 486 g/mol. The number of hydrogen-bond acceptors (Lipinski definition) is 7. The summed E-state index contributed by atoms with van der Waals surface area (Å²) in [6, 6.07) is 14.3. The van der Waals surface area contributed by atoms with Gasteiger partial charge in [-0.15, -0.1) is 0 Å². The predicted octanol–water partition coefficient (Wildman–Crippen LogP) is 6.23. The zero-order valence-corrected chi connectivity index (χ0v) is 18.9. The molecule has 174 valence electrons. The van der Waals surface area contributed by atoms with Crippen LogP contribution in [-0.2, 0) is 6.18 Å². The number of anilines is 3. The van der Waals surface area contributed by atoms with Gasteiger partial charge in [0, 0.05) is 28.5 Å². The third kappa shape index (κ3) is 5.76. The number of pyridine rings is 2. The van der Waals surface area contributed by atoms with E-state index >= 15 is 0 Å². The molecule has 7 nitrogen and oxygen atoms in total. The Balaban J connectivity index is 1.70. The van der Waals surface area contributed by atoms with Gasteiger partial charge in [0.2, 0.25) is 11.9 Å². The molecule has 0 radical (unpaired) electrons. The van der Waals surface area contributed by atoms with Crippen molar-refractivity contribution in [3.63, 3.8) is 0 Å². The van der Waals surface area contributed by atoms with Gasteiger partial charge in [-0.2, -0.15) is 28.1 Å². The highest BCUT2D eigenvalue weighted by Gasteiger charge is 2.32. The summed E-state index contributed by atoms with van der Waals surface area (Å²) >= 11 is 5.96. The Morgan fingerprint density at radius 3 is 2.29 bits per heavy atom. The summed E-state index contributed by atoms with van der Waals surface area (Å²) in [5, 5.41) is 6.74. The van der Waals surface area contributed by atoms with E-state index in [1.165, 1.54) is 12.1 Å². The number of hydrogen-bond donors (Lipinski definition) is 2. The van der Waals surface area contributed by atoms with Gasteiger partial charge in [0.1, 0.15) is 11.4 Å². The maximum absolute atomic E-state index is 13.1. The maximum Gasteiger partial charge on any atom is 0.433 e. The molecule has 0 aliphatic heterocycles. The van der Waals surface area contributed by atoms with Gasteiger partial charge >= 0.3 is 6.18 Å². The van der Waals surface area contributed by atoms with Gasteiger partial charge in [0.15, 0.2) is 5.82 Å². The van der Waals surface area contributed by atoms with Crippen molar-refractivity contribution in [2.75, 3.05) is 10.6 Å². The lowest BCUT2D eigenvalue weighted by molar-refractivity contribution is -0.141. The Hall–Kier alpha value is -3.79. The van der Waals surface area contributed by atoms with Crippen LogP contribution >= 0.6 is 11.6 Å². The lowest BCUT2D eigenvalue weighted by Crippen LogP contribution is -2.15. The van der Waals surface area contributed by atoms with Crippen molar-refractivity contribution in [1.29, 1.82) is 0 Å². The molecular weight excluding hydrogens is 467 g/mol. The van der Waals surface area contributed by atoms with Crippen LogP contribution in [0.1, 0.15) is 19.5 Å². The molecule has 4 rings (SSSR count). The zero-order chi connectivity index (χ0) is 24.3. The monoisotopic (exact) mass is 485 g/mol. The SMILES string of the molecule is CC(C)Nc1nc(Nc2ccnc(-c3ccc(Cl)cc3)c2)nc(-c2cccc(C(F)(F)F)n2)n1. The summed E-state index contributed by atoms with van der Waals surface area (Å²) in [5.74, 6) is 0.341. The normalized spacial score (nSPS) is 11.5. The molecule has 0 fully saturated rings. The molecule has 11 heteroatoms. The van der Waals surface area contributed by atoms with Gasteiger partial charge in [0.25, 0.3) is 0 Å². The first-order valence-electron chi connectivity index (χ1n) is 10.2. The number of alkyl halides is 3. The number of nitrogens with zero attached hydrogens (tertiary/aromatic N) is 5. The van der Waals surface area contributed by atoms with Crippen molar-refractivity contribution in [2.24, 2.45) is 0 Å². The van der Waals surface area contributed by atoms with E-state index in [1.54, 1.807) is 30.5 Å². The highest BCUT2D eigenvalue weighted by atomic mass is 35.5. The summed E-state index contributed by atoms with van der Waals surface area (Å²) in [6.07, 6.45) is -2.96. The number of benzene rings is 1. The minimum atomic E-state index is -4.59. The molecule has 2 N–H and O–H groups in total. The van der Waals surface area contributed by atoms with E-state index in [2.05, 4.69) is 35.6 Å². The molecule has 0 aliphatic carbocycles. The van der Waals surface area contributed by atoms with Gasteiger partial charge in [-0.3, -0.25) is 4.98 Å². The Morgan fingerprint density at radius 1 is 0.853 bits per heavy atom. The van der Waals surface area contributed by atoms with E-state index in [0.29, 0.717) is 16.4 Å². The number of halogens is 4. The van der Waals surface area contributed by atoms with Crippen LogP contribution in [0.3, 0.4) is 0 Å². The standard InChI is InChI=1S/C23H19ClF3N7/c1-13(2)29-21-32-20(17-4-3-5-19(31-17)23(25,26)27)33-22(34-21)30-16-10-11-28-18(12-16)14-6-8-15(24)9-7-14/h3-13H,1-2H3,(H2,28,29,30,32,33,34). The molecule has 0 amide bonds. The van der Waals surface area contributed by atoms with E-state index in [9.17, 15) is 13.2 Å². The van der Waals surface area contributed by atoms with E-state index in [0.717, 1.165) is 11.6 Å². The predicted molar refractivity (Wildman–Crippen MR) is 125 cm³/mol. The van der Waals surface area contributed by atoms with Gasteiger partial charge < -0.3 is 10.6 Å². The fourth-order valence-electron chi connectivity index (χ4n) is 3.00. The molecular formula is C23H19ClF3N7. The molecule has 3 aromatic heterocycles. The summed E-state index contributed by atoms with van der Waals surface area (Å²) in [5.41, 5.74) is 1.13. The number of rotatable bonds is 6. The summed E-state index contributed by atoms with van der Waals surface area (Å²) in [4.78, 5) is 21.0. The third-order valence-corrected chi connectivity index (χ3v) is 4.73. The minimum absolute atomic E-state index is 0.00118. The number of nitrogens with one attached hydrogen (secondary N) is 2. The molecule has 0 bridgehead atoms. The van der Waals surface area contributed by atoms with Crippen LogP contribution in [0.4, 0.5) is 30.8 Å². The molecule has 1 aromatic carbocycles. The van der Waals surface area contributed by atoms with Crippen LogP contribution in [0.2, 0.25) is 5.02 Å². The largest absolute Gasteiger partial charge is 0.433 e. The van der Waals surface area contributed by atoms with Crippen molar-refractivity contribution in [3.8, 4) is 22.8 Å². The quantitative estimate of drug-likeness (QED) is 0.334. The summed E-state index contributed by atoms with van der Waals surface area (Å²) in [6.45, 7) is 3.78. The Morgan fingerprint density at radius 2 is 1.59 bits per heavy atom. The van der Waals surface area contributed by atoms with Gasteiger partial charge in [-0.25, -0.2) is 4.98 Å². The fraction of sp³-hybridized carbons (Fsp3) is 0.174. The highest BCUT2D eigenvalue weighted by molar-refractivity contribution is 6.30. The second kappa shape index (κ2) is 9.60. The van der Waals surface area contributed by atoms with Gasteiger partial charge in [0.05, 0.1) is 5.69 Å². The van der Waals surface area contributed by atoms with Crippen LogP contribution in [0.15, 0.2) is 60.8 Å². The molecule has 34 heavy (non-hydrogen) atoms. The topological polar surface area (TPSA) is 88.5 Å². The zero-order valence-electron chi connectivity index (χ0n) is 18.1. The Labute approximate surface area is 198 Å². The van der Waals surface area contributed by atoms with Crippen LogP contribution in [0.25, 0.3) is 22.8 Å². The molecule has 3 heterocycles. The smallest absolute Gasteiger partial charge is 0.352 e. The van der Waals surface area contributed by atoms with Crippen LogP contribution < -0.4 is 10.6 Å². The van der Waals surface area contributed by atoms with E-state index in [1.807, 2.05) is 26.0 Å². The van der Waals surface area contributed by atoms with E-state index < -0.39 is 11.9 Å². The lowest BCUT2D eigenvalue weighted by Gasteiger charge is -2.13. The maximum atomic E-state index is 13.1. The lowest BCUT2D eigenvalue weighted by atomic mass is 10.1. The Bertz CT molecular complexity index is 1290. The van der Waals surface area contributed by atoms with Crippen molar-refractivity contribution in [1.82, 2.24) is 24.9 Å². The average Bonchev–Trinajstić information content (AvgIpc) is 2.79. The molecule has 4 aromatic rings. The first kappa shape index (κ1) is 23.4. The van der Waals surface area contributed by atoms with Crippen LogP contribution in [0, 0.1) is 0 Å². The molecule has 0 unspecified atom stereocenters. The minimum Gasteiger partial charge on any atom is -0.352 e. The van der Waals surface area contributed by atoms with Crippen molar-refractivity contribution in [3.05, 3.63) is 71.5 Å². The third-order valence-electron chi connectivity index (χ3n) is 4.48.